The van der Waals surface area contributed by atoms with Crippen LogP contribution < -0.4 is 0 Å². The molecule has 2 heterocycles. The van der Waals surface area contributed by atoms with Gasteiger partial charge in [-0.15, -0.1) is 0 Å². The van der Waals surface area contributed by atoms with Gasteiger partial charge in [-0.1, -0.05) is 27.5 Å². The summed E-state index contributed by atoms with van der Waals surface area (Å²) < 4.78 is 13.2. The summed E-state index contributed by atoms with van der Waals surface area (Å²) in [6, 6.07) is 4.82. The molecule has 2 bridgehead atoms. The summed E-state index contributed by atoms with van der Waals surface area (Å²) >= 11 is 9.41. The van der Waals surface area contributed by atoms with E-state index < -0.39 is 5.82 Å². The van der Waals surface area contributed by atoms with Crippen LogP contribution in [0.4, 0.5) is 4.39 Å². The second-order valence-electron chi connectivity index (χ2n) is 5.29. The number of rotatable bonds is 1. The van der Waals surface area contributed by atoms with Crippen LogP contribution in [0.1, 0.15) is 36.0 Å². The highest BCUT2D eigenvalue weighted by molar-refractivity contribution is 9.09. The lowest BCUT2D eigenvalue weighted by atomic mass is 10.0. The van der Waals surface area contributed by atoms with E-state index in [4.69, 9.17) is 11.6 Å². The maximum Gasteiger partial charge on any atom is 0.254 e. The van der Waals surface area contributed by atoms with Gasteiger partial charge in [-0.2, -0.15) is 0 Å². The Hall–Kier alpha value is -0.610. The quantitative estimate of drug-likeness (QED) is 0.704. The number of carbonyl (C=O) groups is 1. The van der Waals surface area contributed by atoms with E-state index in [0.717, 1.165) is 25.7 Å². The van der Waals surface area contributed by atoms with Crippen LogP contribution in [0, 0.1) is 5.82 Å². The number of fused-ring (bicyclic) bond motifs is 2. The van der Waals surface area contributed by atoms with Gasteiger partial charge in [-0.05, 0) is 43.9 Å². The van der Waals surface area contributed by atoms with Crippen molar-refractivity contribution in [3.05, 3.63) is 34.6 Å². The summed E-state index contributed by atoms with van der Waals surface area (Å²) in [7, 11) is 0. The van der Waals surface area contributed by atoms with E-state index in [1.54, 1.807) is 0 Å². The predicted octanol–water partition coefficient (Wildman–Crippen LogP) is 4.01. The van der Waals surface area contributed by atoms with Crippen molar-refractivity contribution in [2.24, 2.45) is 0 Å². The number of amides is 1. The molecule has 1 aromatic carbocycles. The number of benzene rings is 1. The first-order valence-electron chi connectivity index (χ1n) is 6.48. The van der Waals surface area contributed by atoms with E-state index in [9.17, 15) is 9.18 Å². The van der Waals surface area contributed by atoms with Crippen molar-refractivity contribution in [2.45, 2.75) is 42.6 Å². The third-order valence-electron chi connectivity index (χ3n) is 4.08. The third kappa shape index (κ3) is 2.40. The van der Waals surface area contributed by atoms with Gasteiger partial charge >= 0.3 is 0 Å². The molecule has 0 N–H and O–H groups in total. The zero-order chi connectivity index (χ0) is 13.6. The van der Waals surface area contributed by atoms with Crippen molar-refractivity contribution in [2.75, 3.05) is 0 Å². The summed E-state index contributed by atoms with van der Waals surface area (Å²) in [5, 5.41) is 0.00794. The van der Waals surface area contributed by atoms with Crippen molar-refractivity contribution < 1.29 is 9.18 Å². The summed E-state index contributed by atoms with van der Waals surface area (Å²) in [5.41, 5.74) is 0.483. The summed E-state index contributed by atoms with van der Waals surface area (Å²) in [4.78, 5) is 15.0. The van der Waals surface area contributed by atoms with Crippen LogP contribution in [0.3, 0.4) is 0 Å². The maximum absolute atomic E-state index is 13.2. The molecule has 1 amide bonds. The Morgan fingerprint density at radius 3 is 2.53 bits per heavy atom. The molecule has 19 heavy (non-hydrogen) atoms. The average molecular weight is 347 g/mol. The molecule has 102 valence electrons. The molecule has 0 radical (unpaired) electrons. The van der Waals surface area contributed by atoms with E-state index in [1.165, 1.54) is 18.2 Å². The summed E-state index contributed by atoms with van der Waals surface area (Å²) in [5.74, 6) is -0.505. The molecular formula is C14H14BrClFNO. The minimum atomic E-state index is -0.486. The van der Waals surface area contributed by atoms with Gasteiger partial charge in [0.25, 0.3) is 5.91 Å². The normalized spacial score (nSPS) is 29.6. The van der Waals surface area contributed by atoms with Gasteiger partial charge in [-0.25, -0.2) is 4.39 Å². The van der Waals surface area contributed by atoms with Gasteiger partial charge in [0.05, 0.1) is 5.02 Å². The molecule has 2 saturated heterocycles. The fraction of sp³-hybridized carbons (Fsp3) is 0.500. The van der Waals surface area contributed by atoms with Gasteiger partial charge in [-0.3, -0.25) is 4.79 Å². The fourth-order valence-electron chi connectivity index (χ4n) is 3.22. The standard InChI is InChI=1S/C14H14BrClFNO/c15-9-6-10-2-3-11(7-9)18(10)14(19)8-1-4-13(17)12(16)5-8/h1,4-5,9-11H,2-3,6-7H2. The monoisotopic (exact) mass is 345 g/mol. The van der Waals surface area contributed by atoms with Crippen LogP contribution in [-0.4, -0.2) is 27.7 Å². The van der Waals surface area contributed by atoms with E-state index in [-0.39, 0.29) is 10.9 Å². The molecule has 5 heteroatoms. The molecule has 2 fully saturated rings. The molecule has 2 nitrogen and oxygen atoms in total. The lowest BCUT2D eigenvalue weighted by Gasteiger charge is -2.37. The number of carbonyl (C=O) groups excluding carboxylic acids is 1. The molecule has 0 spiro atoms. The van der Waals surface area contributed by atoms with Gasteiger partial charge in [0.1, 0.15) is 5.82 Å². The predicted molar refractivity (Wildman–Crippen MR) is 76.3 cm³/mol. The highest BCUT2D eigenvalue weighted by atomic mass is 79.9. The highest BCUT2D eigenvalue weighted by Crippen LogP contribution is 2.39. The van der Waals surface area contributed by atoms with Crippen molar-refractivity contribution in [3.8, 4) is 0 Å². The summed E-state index contributed by atoms with van der Waals surface area (Å²) in [6.07, 6.45) is 4.12. The number of halogens is 3. The second-order valence-corrected chi connectivity index (χ2v) is 7.00. The average Bonchev–Trinajstić information content (AvgIpc) is 2.64. The van der Waals surface area contributed by atoms with Crippen LogP contribution in [0.5, 0.6) is 0 Å². The van der Waals surface area contributed by atoms with Crippen LogP contribution in [0.2, 0.25) is 5.02 Å². The molecule has 0 aromatic heterocycles. The number of hydrogen-bond donors (Lipinski definition) is 0. The smallest absolute Gasteiger partial charge is 0.254 e. The second kappa shape index (κ2) is 5.06. The number of piperidine rings is 1. The highest BCUT2D eigenvalue weighted by Gasteiger charge is 2.42. The maximum atomic E-state index is 13.2. The van der Waals surface area contributed by atoms with Crippen LogP contribution in [0.25, 0.3) is 0 Å². The Kier molecular flexibility index (Phi) is 3.56. The fourth-order valence-corrected chi connectivity index (χ4v) is 4.26. The van der Waals surface area contributed by atoms with E-state index in [1.807, 2.05) is 4.90 Å². The minimum Gasteiger partial charge on any atom is -0.333 e. The molecule has 0 aliphatic carbocycles. The van der Waals surface area contributed by atoms with Crippen LogP contribution in [-0.2, 0) is 0 Å². The largest absolute Gasteiger partial charge is 0.333 e. The molecule has 2 atom stereocenters. The van der Waals surface area contributed by atoms with Gasteiger partial charge in [0.15, 0.2) is 0 Å². The Labute approximate surface area is 125 Å². The third-order valence-corrected chi connectivity index (χ3v) is 5.11. The first-order valence-corrected chi connectivity index (χ1v) is 7.77. The minimum absolute atomic E-state index is 0.00794. The molecule has 1 aromatic rings. The Morgan fingerprint density at radius 2 is 1.95 bits per heavy atom. The van der Waals surface area contributed by atoms with Crippen molar-refractivity contribution in [3.63, 3.8) is 0 Å². The van der Waals surface area contributed by atoms with Gasteiger partial charge < -0.3 is 4.90 Å². The van der Waals surface area contributed by atoms with Crippen molar-refractivity contribution >= 4 is 33.4 Å². The van der Waals surface area contributed by atoms with E-state index >= 15 is 0 Å². The number of hydrogen-bond acceptors (Lipinski definition) is 1. The first kappa shape index (κ1) is 13.4. The molecule has 2 aliphatic rings. The zero-order valence-electron chi connectivity index (χ0n) is 10.3. The lowest BCUT2D eigenvalue weighted by Crippen LogP contribution is -2.46. The van der Waals surface area contributed by atoms with E-state index in [0.29, 0.717) is 22.5 Å². The van der Waals surface area contributed by atoms with E-state index in [2.05, 4.69) is 15.9 Å². The van der Waals surface area contributed by atoms with Crippen molar-refractivity contribution in [1.29, 1.82) is 0 Å². The molecule has 2 aliphatic heterocycles. The van der Waals surface area contributed by atoms with Gasteiger partial charge in [0, 0.05) is 22.5 Å². The Balaban J connectivity index is 1.86. The Morgan fingerprint density at radius 1 is 1.32 bits per heavy atom. The van der Waals surface area contributed by atoms with Crippen molar-refractivity contribution in [1.82, 2.24) is 4.90 Å². The molecule has 0 saturated carbocycles. The molecular weight excluding hydrogens is 333 g/mol. The molecule has 2 unspecified atom stereocenters. The first-order chi connectivity index (χ1) is 9.06. The SMILES string of the molecule is O=C(c1ccc(F)c(Cl)c1)N1C2CCC1CC(Br)C2. The van der Waals surface area contributed by atoms with Crippen LogP contribution >= 0.6 is 27.5 Å². The Bertz CT molecular complexity index is 510. The lowest BCUT2D eigenvalue weighted by molar-refractivity contribution is 0.0603. The number of alkyl halides is 1. The summed E-state index contributed by atoms with van der Waals surface area (Å²) in [6.45, 7) is 0. The van der Waals surface area contributed by atoms with Crippen LogP contribution in [0.15, 0.2) is 18.2 Å². The topological polar surface area (TPSA) is 20.3 Å². The van der Waals surface area contributed by atoms with Gasteiger partial charge in [0.2, 0.25) is 0 Å². The zero-order valence-corrected chi connectivity index (χ0v) is 12.6. The molecule has 3 rings (SSSR count). The number of nitrogens with zero attached hydrogens (tertiary/aromatic N) is 1.